The minimum Gasteiger partial charge on any atom is -0.493 e. The molecule has 9 nitrogen and oxygen atoms in total. The quantitative estimate of drug-likeness (QED) is 0.240. The Labute approximate surface area is 230 Å². The Morgan fingerprint density at radius 3 is 2.64 bits per heavy atom. The van der Waals surface area contributed by atoms with Crippen molar-refractivity contribution in [3.63, 3.8) is 0 Å². The first-order valence-electron chi connectivity index (χ1n) is 12.6. The highest BCUT2D eigenvalue weighted by Crippen LogP contribution is 2.37. The standard InChI is InChI=1S/C27H29ClF2N6O3/c1-34-5-7-35(8-6-34)11-17(15-37)12-36-13-18(14-36)39-24-9-19-22(10-23(24)38-2)31-16-32-27(19)33-21-4-3-20(29)25(28)26(21)30/h3-4,9-10,12,15-16,18H,5-8,11,13-14H2,1-2H3,(H,31,32,33). The zero-order valence-electron chi connectivity index (χ0n) is 21.7. The van der Waals surface area contributed by atoms with E-state index in [0.717, 1.165) is 44.1 Å². The van der Waals surface area contributed by atoms with Gasteiger partial charge in [0.25, 0.3) is 0 Å². The number of piperazine rings is 1. The van der Waals surface area contributed by atoms with E-state index in [2.05, 4.69) is 37.0 Å². The van der Waals surface area contributed by atoms with E-state index in [-0.39, 0.29) is 11.8 Å². The number of benzene rings is 2. The maximum Gasteiger partial charge on any atom is 0.168 e. The average molecular weight is 559 g/mol. The van der Waals surface area contributed by atoms with Crippen molar-refractivity contribution in [3.05, 3.63) is 59.0 Å². The summed E-state index contributed by atoms with van der Waals surface area (Å²) in [6, 6.07) is 5.76. The Bertz CT molecular complexity index is 1390. The third kappa shape index (κ3) is 6.05. The summed E-state index contributed by atoms with van der Waals surface area (Å²) in [5, 5.41) is 2.82. The molecule has 2 aromatic carbocycles. The van der Waals surface area contributed by atoms with E-state index < -0.39 is 16.7 Å². The first kappa shape index (κ1) is 27.0. The number of rotatable bonds is 9. The summed E-state index contributed by atoms with van der Waals surface area (Å²) in [4.78, 5) is 26.8. The Hall–Kier alpha value is -3.54. The molecule has 39 heavy (non-hydrogen) atoms. The lowest BCUT2D eigenvalue weighted by Crippen LogP contribution is -2.51. The van der Waals surface area contributed by atoms with Gasteiger partial charge in [0.05, 0.1) is 31.4 Å². The van der Waals surface area contributed by atoms with Crippen LogP contribution in [0.3, 0.4) is 0 Å². The SMILES string of the molecule is COc1cc2ncnc(Nc3ccc(F)c(Cl)c3F)c2cc1OC1CN(C=C(C=O)CN2CCN(C)CC2)C1. The van der Waals surface area contributed by atoms with Gasteiger partial charge in [0.1, 0.15) is 35.4 Å². The molecule has 0 saturated carbocycles. The second kappa shape index (κ2) is 11.7. The number of carbonyl (C=O) groups is 1. The number of likely N-dealkylation sites (N-methyl/N-ethyl adjacent to an activating group) is 1. The number of aromatic nitrogens is 2. The third-order valence-electron chi connectivity index (χ3n) is 6.88. The van der Waals surface area contributed by atoms with Crippen LogP contribution in [0.1, 0.15) is 0 Å². The molecule has 1 aromatic heterocycles. The summed E-state index contributed by atoms with van der Waals surface area (Å²) in [7, 11) is 3.64. The van der Waals surface area contributed by atoms with Crippen LogP contribution in [0, 0.1) is 11.6 Å². The molecule has 1 N–H and O–H groups in total. The van der Waals surface area contributed by atoms with Crippen LogP contribution >= 0.6 is 11.6 Å². The van der Waals surface area contributed by atoms with Gasteiger partial charge in [0.2, 0.25) is 0 Å². The van der Waals surface area contributed by atoms with Crippen LogP contribution in [-0.2, 0) is 4.79 Å². The Morgan fingerprint density at radius 2 is 1.92 bits per heavy atom. The fourth-order valence-corrected chi connectivity index (χ4v) is 4.77. The van der Waals surface area contributed by atoms with Crippen LogP contribution < -0.4 is 14.8 Å². The number of likely N-dealkylation sites (tertiary alicyclic amines) is 1. The number of aldehydes is 1. The molecule has 2 saturated heterocycles. The van der Waals surface area contributed by atoms with E-state index in [9.17, 15) is 13.6 Å². The molecule has 0 amide bonds. The molecular weight excluding hydrogens is 530 g/mol. The number of hydrogen-bond acceptors (Lipinski definition) is 9. The summed E-state index contributed by atoms with van der Waals surface area (Å²) in [5.74, 6) is -0.510. The summed E-state index contributed by atoms with van der Waals surface area (Å²) in [6.07, 6.45) is 4.03. The molecule has 0 bridgehead atoms. The number of ether oxygens (including phenoxy) is 2. The predicted octanol–water partition coefficient (Wildman–Crippen LogP) is 3.71. The van der Waals surface area contributed by atoms with Gasteiger partial charge in [0.15, 0.2) is 17.3 Å². The van der Waals surface area contributed by atoms with Crippen LogP contribution in [0.25, 0.3) is 10.9 Å². The van der Waals surface area contributed by atoms with Gasteiger partial charge in [0, 0.05) is 55.9 Å². The third-order valence-corrected chi connectivity index (χ3v) is 7.23. The molecule has 5 rings (SSSR count). The van der Waals surface area contributed by atoms with Crippen molar-refractivity contribution in [1.82, 2.24) is 24.7 Å². The molecule has 2 fully saturated rings. The van der Waals surface area contributed by atoms with Gasteiger partial charge in [-0.15, -0.1) is 0 Å². The number of nitrogens with one attached hydrogen (secondary N) is 1. The second-order valence-corrected chi connectivity index (χ2v) is 10.1. The minimum absolute atomic E-state index is 0.0244. The number of anilines is 2. The van der Waals surface area contributed by atoms with Crippen LogP contribution in [0.15, 0.2) is 42.4 Å². The van der Waals surface area contributed by atoms with E-state index in [4.69, 9.17) is 21.1 Å². The Kier molecular flexibility index (Phi) is 8.10. The smallest absolute Gasteiger partial charge is 0.168 e. The fourth-order valence-electron chi connectivity index (χ4n) is 4.60. The first-order valence-corrected chi connectivity index (χ1v) is 12.9. The monoisotopic (exact) mass is 558 g/mol. The number of halogens is 3. The highest BCUT2D eigenvalue weighted by molar-refractivity contribution is 6.31. The molecule has 3 heterocycles. The molecule has 3 aromatic rings. The molecular formula is C27H29ClF2N6O3. The zero-order chi connectivity index (χ0) is 27.5. The van der Waals surface area contributed by atoms with Gasteiger partial charge in [-0.25, -0.2) is 18.7 Å². The highest BCUT2D eigenvalue weighted by Gasteiger charge is 2.28. The van der Waals surface area contributed by atoms with Crippen molar-refractivity contribution in [2.24, 2.45) is 0 Å². The largest absolute Gasteiger partial charge is 0.493 e. The van der Waals surface area contributed by atoms with Crippen LogP contribution in [0.4, 0.5) is 20.3 Å². The molecule has 2 aliphatic rings. The molecule has 0 aliphatic carbocycles. The van der Waals surface area contributed by atoms with E-state index in [0.29, 0.717) is 47.9 Å². The van der Waals surface area contributed by atoms with Crippen molar-refractivity contribution in [1.29, 1.82) is 0 Å². The van der Waals surface area contributed by atoms with Crippen molar-refractivity contribution in [2.75, 3.05) is 65.3 Å². The topological polar surface area (TPSA) is 83.1 Å². The summed E-state index contributed by atoms with van der Waals surface area (Å²) in [5.41, 5.74) is 1.26. The first-order chi connectivity index (χ1) is 18.8. The molecule has 0 atom stereocenters. The molecule has 2 aliphatic heterocycles. The maximum atomic E-state index is 14.5. The summed E-state index contributed by atoms with van der Waals surface area (Å²) in [6.45, 7) is 5.72. The van der Waals surface area contributed by atoms with Gasteiger partial charge in [-0.2, -0.15) is 0 Å². The van der Waals surface area contributed by atoms with Crippen molar-refractivity contribution in [2.45, 2.75) is 6.10 Å². The molecule has 0 radical (unpaired) electrons. The lowest BCUT2D eigenvalue weighted by molar-refractivity contribution is -0.105. The highest BCUT2D eigenvalue weighted by atomic mass is 35.5. The number of methoxy groups -OCH3 is 1. The van der Waals surface area contributed by atoms with Crippen molar-refractivity contribution >= 4 is 40.3 Å². The van der Waals surface area contributed by atoms with E-state index in [1.165, 1.54) is 19.5 Å². The van der Waals surface area contributed by atoms with Crippen LogP contribution in [0.2, 0.25) is 5.02 Å². The zero-order valence-corrected chi connectivity index (χ0v) is 22.4. The van der Waals surface area contributed by atoms with Crippen LogP contribution in [0.5, 0.6) is 11.5 Å². The molecule has 0 unspecified atom stereocenters. The van der Waals surface area contributed by atoms with E-state index >= 15 is 0 Å². The van der Waals surface area contributed by atoms with E-state index in [1.807, 2.05) is 6.20 Å². The lowest BCUT2D eigenvalue weighted by Gasteiger charge is -2.39. The minimum atomic E-state index is -0.918. The number of nitrogens with zero attached hydrogens (tertiary/aromatic N) is 5. The van der Waals surface area contributed by atoms with Crippen LogP contribution in [-0.4, -0.2) is 97.0 Å². The van der Waals surface area contributed by atoms with Gasteiger partial charge in [-0.1, -0.05) is 11.6 Å². The second-order valence-electron chi connectivity index (χ2n) is 9.69. The maximum absolute atomic E-state index is 14.5. The normalized spacial score (nSPS) is 17.3. The number of hydrogen-bond donors (Lipinski definition) is 1. The van der Waals surface area contributed by atoms with Crippen molar-refractivity contribution in [3.8, 4) is 11.5 Å². The number of fused-ring (bicyclic) bond motifs is 1. The molecule has 206 valence electrons. The van der Waals surface area contributed by atoms with Gasteiger partial charge in [-0.3, -0.25) is 9.69 Å². The molecule has 12 heteroatoms. The van der Waals surface area contributed by atoms with Crippen molar-refractivity contribution < 1.29 is 23.0 Å². The summed E-state index contributed by atoms with van der Waals surface area (Å²) >= 11 is 5.73. The average Bonchev–Trinajstić information content (AvgIpc) is 2.92. The summed E-state index contributed by atoms with van der Waals surface area (Å²) < 4.78 is 39.9. The molecule has 0 spiro atoms. The predicted molar refractivity (Wildman–Crippen MR) is 145 cm³/mol. The fraction of sp³-hybridized carbons (Fsp3) is 0.370. The van der Waals surface area contributed by atoms with Gasteiger partial charge < -0.3 is 24.6 Å². The van der Waals surface area contributed by atoms with E-state index in [1.54, 1.807) is 12.1 Å². The van der Waals surface area contributed by atoms with Gasteiger partial charge >= 0.3 is 0 Å². The Balaban J connectivity index is 1.29. The van der Waals surface area contributed by atoms with Gasteiger partial charge in [-0.05, 0) is 25.2 Å². The Morgan fingerprint density at radius 1 is 1.15 bits per heavy atom. The lowest BCUT2D eigenvalue weighted by atomic mass is 10.1. The number of carbonyl (C=O) groups excluding carboxylic acids is 1.